The lowest BCUT2D eigenvalue weighted by molar-refractivity contribution is 0.199. The first kappa shape index (κ1) is 16.6. The number of carbonyl (C=O) groups excluding carboxylic acids is 1. The normalized spacial score (nSPS) is 17.5. The molecule has 2 amide bonds. The number of hydrogen-bond acceptors (Lipinski definition) is 3. The first-order valence-corrected chi connectivity index (χ1v) is 8.89. The fourth-order valence-corrected chi connectivity index (χ4v) is 3.66. The van der Waals surface area contributed by atoms with Crippen LogP contribution < -0.4 is 4.90 Å². The van der Waals surface area contributed by atoms with Gasteiger partial charge in [-0.05, 0) is 45.0 Å². The minimum absolute atomic E-state index is 0.0397. The quantitative estimate of drug-likeness (QED) is 0.762. The fourth-order valence-electron chi connectivity index (χ4n) is 2.51. The highest BCUT2D eigenvalue weighted by Gasteiger charge is 2.38. The van der Waals surface area contributed by atoms with Gasteiger partial charge in [0.15, 0.2) is 5.17 Å². The molecule has 1 heterocycles. The number of amides is 2. The molecular weight excluding hydrogens is 318 g/mol. The van der Waals surface area contributed by atoms with Gasteiger partial charge >= 0.3 is 6.03 Å². The van der Waals surface area contributed by atoms with E-state index in [0.717, 1.165) is 16.5 Å². The summed E-state index contributed by atoms with van der Waals surface area (Å²) < 4.78 is 0. The van der Waals surface area contributed by atoms with E-state index in [1.54, 1.807) is 21.6 Å². The number of para-hydroxylation sites is 2. The molecule has 0 spiro atoms. The molecule has 2 aromatic rings. The number of benzene rings is 2. The SMILES string of the molecule is CC(C)(C)N1C(=O)N(c2ccccc2)CSC1=Nc1ccccc1. The van der Waals surface area contributed by atoms with E-state index in [1.807, 2.05) is 81.4 Å². The number of hydrogen-bond donors (Lipinski definition) is 0. The zero-order valence-corrected chi connectivity index (χ0v) is 15.0. The van der Waals surface area contributed by atoms with Crippen molar-refractivity contribution in [3.8, 4) is 0 Å². The van der Waals surface area contributed by atoms with E-state index in [-0.39, 0.29) is 11.6 Å². The van der Waals surface area contributed by atoms with Crippen LogP contribution in [0.3, 0.4) is 0 Å². The predicted molar refractivity (Wildman–Crippen MR) is 102 cm³/mol. The van der Waals surface area contributed by atoms with Crippen LogP contribution in [0.5, 0.6) is 0 Å². The fraction of sp³-hybridized carbons (Fsp3) is 0.263. The zero-order chi connectivity index (χ0) is 17.2. The molecule has 0 aromatic heterocycles. The van der Waals surface area contributed by atoms with Crippen molar-refractivity contribution in [3.63, 3.8) is 0 Å². The summed E-state index contributed by atoms with van der Waals surface area (Å²) in [4.78, 5) is 21.4. The average Bonchev–Trinajstić information content (AvgIpc) is 2.55. The molecule has 0 radical (unpaired) electrons. The molecule has 0 unspecified atom stereocenters. The van der Waals surface area contributed by atoms with Crippen molar-refractivity contribution in [2.45, 2.75) is 26.3 Å². The largest absolute Gasteiger partial charge is 0.331 e. The number of nitrogens with zero attached hydrogens (tertiary/aromatic N) is 3. The predicted octanol–water partition coefficient (Wildman–Crippen LogP) is 5.11. The summed E-state index contributed by atoms with van der Waals surface area (Å²) in [6.07, 6.45) is 0. The summed E-state index contributed by atoms with van der Waals surface area (Å²) in [6, 6.07) is 19.5. The molecule has 0 N–H and O–H groups in total. The highest BCUT2D eigenvalue weighted by Crippen LogP contribution is 2.32. The van der Waals surface area contributed by atoms with Gasteiger partial charge in [-0.3, -0.25) is 9.80 Å². The molecule has 1 fully saturated rings. The summed E-state index contributed by atoms with van der Waals surface area (Å²) in [5.41, 5.74) is 1.41. The maximum Gasteiger partial charge on any atom is 0.331 e. The topological polar surface area (TPSA) is 35.9 Å². The minimum atomic E-state index is -0.356. The summed E-state index contributed by atoms with van der Waals surface area (Å²) in [5, 5.41) is 0.742. The Morgan fingerprint density at radius 2 is 1.54 bits per heavy atom. The van der Waals surface area contributed by atoms with Crippen LogP contribution in [0.4, 0.5) is 16.2 Å². The molecule has 0 bridgehead atoms. The number of anilines is 1. The Hall–Kier alpha value is -2.27. The van der Waals surface area contributed by atoms with Gasteiger partial charge in [0, 0.05) is 11.2 Å². The van der Waals surface area contributed by atoms with Crippen LogP contribution in [0.2, 0.25) is 0 Å². The van der Waals surface area contributed by atoms with Crippen molar-refractivity contribution in [2.24, 2.45) is 4.99 Å². The van der Waals surface area contributed by atoms with E-state index in [1.165, 1.54) is 0 Å². The highest BCUT2D eigenvalue weighted by atomic mass is 32.2. The number of amidine groups is 1. The summed E-state index contributed by atoms with van der Waals surface area (Å²) in [7, 11) is 0. The summed E-state index contributed by atoms with van der Waals surface area (Å²) in [5.74, 6) is 0.557. The van der Waals surface area contributed by atoms with Gasteiger partial charge in [-0.2, -0.15) is 0 Å². The third-order valence-corrected chi connectivity index (χ3v) is 4.58. The van der Waals surface area contributed by atoms with Gasteiger partial charge in [0.2, 0.25) is 0 Å². The molecular formula is C19H21N3OS. The van der Waals surface area contributed by atoms with Gasteiger partial charge in [-0.25, -0.2) is 9.79 Å². The molecule has 1 saturated heterocycles. The standard InChI is InChI=1S/C19H21N3OS/c1-19(2,3)22-17(20-15-10-6-4-7-11-15)24-14-21(18(22)23)16-12-8-5-9-13-16/h4-13H,14H2,1-3H3. The van der Waals surface area contributed by atoms with Crippen LogP contribution in [0.1, 0.15) is 20.8 Å². The molecule has 0 atom stereocenters. The first-order valence-electron chi connectivity index (χ1n) is 7.90. The Balaban J connectivity index is 1.96. The van der Waals surface area contributed by atoms with Gasteiger partial charge in [0.25, 0.3) is 0 Å². The number of aliphatic imine (C=N–C) groups is 1. The molecule has 4 nitrogen and oxygen atoms in total. The summed E-state index contributed by atoms with van der Waals surface area (Å²) in [6.45, 7) is 6.08. The van der Waals surface area contributed by atoms with Crippen LogP contribution in [-0.4, -0.2) is 27.5 Å². The third-order valence-electron chi connectivity index (χ3n) is 3.66. The average molecular weight is 339 g/mol. The van der Waals surface area contributed by atoms with Crippen molar-refractivity contribution in [2.75, 3.05) is 10.8 Å². The monoisotopic (exact) mass is 339 g/mol. The lowest BCUT2D eigenvalue weighted by Crippen LogP contribution is -2.57. The van der Waals surface area contributed by atoms with Crippen LogP contribution in [-0.2, 0) is 0 Å². The molecule has 1 aliphatic rings. The molecule has 124 valence electrons. The van der Waals surface area contributed by atoms with Crippen molar-refractivity contribution < 1.29 is 4.79 Å². The molecule has 5 heteroatoms. The maximum absolute atomic E-state index is 13.1. The molecule has 1 aliphatic heterocycles. The summed E-state index contributed by atoms with van der Waals surface area (Å²) >= 11 is 1.58. The molecule has 3 rings (SSSR count). The van der Waals surface area contributed by atoms with Crippen molar-refractivity contribution in [3.05, 3.63) is 60.7 Å². The highest BCUT2D eigenvalue weighted by molar-refractivity contribution is 8.14. The Bertz CT molecular complexity index is 738. The van der Waals surface area contributed by atoms with Crippen molar-refractivity contribution >= 4 is 34.3 Å². The van der Waals surface area contributed by atoms with E-state index in [2.05, 4.69) is 0 Å². The van der Waals surface area contributed by atoms with Gasteiger partial charge in [-0.1, -0.05) is 48.2 Å². The van der Waals surface area contributed by atoms with Gasteiger partial charge < -0.3 is 0 Å². The Labute approximate surface area is 147 Å². The maximum atomic E-state index is 13.1. The van der Waals surface area contributed by atoms with E-state index in [4.69, 9.17) is 4.99 Å². The Morgan fingerprint density at radius 1 is 0.958 bits per heavy atom. The second-order valence-electron chi connectivity index (χ2n) is 6.56. The van der Waals surface area contributed by atoms with Gasteiger partial charge in [-0.15, -0.1) is 0 Å². The third kappa shape index (κ3) is 3.46. The van der Waals surface area contributed by atoms with E-state index >= 15 is 0 Å². The molecule has 0 aliphatic carbocycles. The number of carbonyl (C=O) groups is 1. The zero-order valence-electron chi connectivity index (χ0n) is 14.1. The van der Waals surface area contributed by atoms with Crippen LogP contribution in [0.15, 0.2) is 65.7 Å². The lowest BCUT2D eigenvalue weighted by atomic mass is 10.1. The second-order valence-corrected chi connectivity index (χ2v) is 7.47. The number of thioether (sulfide) groups is 1. The van der Waals surface area contributed by atoms with E-state index in [9.17, 15) is 4.79 Å². The lowest BCUT2D eigenvalue weighted by Gasteiger charge is -2.42. The number of urea groups is 1. The van der Waals surface area contributed by atoms with Crippen molar-refractivity contribution in [1.82, 2.24) is 4.90 Å². The van der Waals surface area contributed by atoms with Gasteiger partial charge in [0.1, 0.15) is 0 Å². The first-order chi connectivity index (χ1) is 11.5. The van der Waals surface area contributed by atoms with E-state index in [0.29, 0.717) is 5.88 Å². The van der Waals surface area contributed by atoms with Gasteiger partial charge in [0.05, 0.1) is 11.6 Å². The Morgan fingerprint density at radius 3 is 2.12 bits per heavy atom. The molecule has 24 heavy (non-hydrogen) atoms. The second kappa shape index (κ2) is 6.69. The van der Waals surface area contributed by atoms with E-state index < -0.39 is 0 Å². The smallest absolute Gasteiger partial charge is 0.284 e. The Kier molecular flexibility index (Phi) is 4.62. The minimum Gasteiger partial charge on any atom is -0.284 e. The van der Waals surface area contributed by atoms with Crippen LogP contribution in [0.25, 0.3) is 0 Å². The number of rotatable bonds is 2. The van der Waals surface area contributed by atoms with Crippen LogP contribution >= 0.6 is 11.8 Å². The van der Waals surface area contributed by atoms with Crippen molar-refractivity contribution in [1.29, 1.82) is 0 Å². The molecule has 2 aromatic carbocycles. The molecule has 0 saturated carbocycles. The van der Waals surface area contributed by atoms with Crippen LogP contribution in [0, 0.1) is 0 Å².